The molecule has 0 radical (unpaired) electrons. The number of hydrogen-bond donors (Lipinski definition) is 2. The molecule has 7 heteroatoms. The van der Waals surface area contributed by atoms with Crippen LogP contribution in [0.3, 0.4) is 0 Å². The summed E-state index contributed by atoms with van der Waals surface area (Å²) in [5, 5.41) is 9.35. The van der Waals surface area contributed by atoms with Crippen LogP contribution >= 0.6 is 35.3 Å². The number of carbonyl (C=O) groups is 1. The summed E-state index contributed by atoms with van der Waals surface area (Å²) in [4.78, 5) is 16.6. The van der Waals surface area contributed by atoms with Gasteiger partial charge in [-0.2, -0.15) is 0 Å². The van der Waals surface area contributed by atoms with Gasteiger partial charge in [-0.25, -0.2) is 4.98 Å². The second kappa shape index (κ2) is 7.92. The first kappa shape index (κ1) is 17.2. The number of amides is 1. The highest BCUT2D eigenvalue weighted by atomic mass is 35.5. The fourth-order valence-corrected chi connectivity index (χ4v) is 3.35. The Morgan fingerprint density at radius 3 is 2.95 bits per heavy atom. The summed E-state index contributed by atoms with van der Waals surface area (Å²) < 4.78 is 0. The van der Waals surface area contributed by atoms with Gasteiger partial charge in [0, 0.05) is 22.5 Å². The van der Waals surface area contributed by atoms with Crippen molar-refractivity contribution in [3.8, 4) is 11.3 Å². The van der Waals surface area contributed by atoms with Crippen LogP contribution in [-0.2, 0) is 4.79 Å². The Hall–Kier alpha value is -1.14. The third-order valence-electron chi connectivity index (χ3n) is 3.55. The number of halogens is 2. The summed E-state index contributed by atoms with van der Waals surface area (Å²) in [6.45, 7) is 1.74. The van der Waals surface area contributed by atoms with Crippen molar-refractivity contribution in [1.82, 2.24) is 10.3 Å². The lowest BCUT2D eigenvalue weighted by atomic mass is 9.99. The van der Waals surface area contributed by atoms with E-state index in [0.717, 1.165) is 37.2 Å². The smallest absolute Gasteiger partial charge is 0.230 e. The predicted octanol–water partition coefficient (Wildman–Crippen LogP) is 3.82. The molecule has 1 aliphatic heterocycles. The zero-order chi connectivity index (χ0) is 14.7. The number of hydrogen-bond acceptors (Lipinski definition) is 4. The SMILES string of the molecule is Cl.O=C(Nc1nc(-c2ccccc2Cl)cs1)C1CCCNC1. The van der Waals surface area contributed by atoms with Gasteiger partial charge < -0.3 is 10.6 Å². The normalized spacial score (nSPS) is 17.6. The molecule has 1 aliphatic rings. The third-order valence-corrected chi connectivity index (χ3v) is 4.64. The number of nitrogens with zero attached hydrogens (tertiary/aromatic N) is 1. The van der Waals surface area contributed by atoms with Crippen molar-refractivity contribution in [2.45, 2.75) is 12.8 Å². The first-order valence-electron chi connectivity index (χ1n) is 6.96. The van der Waals surface area contributed by atoms with Crippen molar-refractivity contribution in [2.75, 3.05) is 18.4 Å². The van der Waals surface area contributed by atoms with Crippen LogP contribution in [0.25, 0.3) is 11.3 Å². The second-order valence-electron chi connectivity index (χ2n) is 5.05. The van der Waals surface area contributed by atoms with Gasteiger partial charge in [-0.15, -0.1) is 23.7 Å². The van der Waals surface area contributed by atoms with Gasteiger partial charge >= 0.3 is 0 Å². The highest BCUT2D eigenvalue weighted by Crippen LogP contribution is 2.30. The highest BCUT2D eigenvalue weighted by Gasteiger charge is 2.21. The maximum absolute atomic E-state index is 12.2. The third kappa shape index (κ3) is 3.98. The standard InChI is InChI=1S/C15H16ClN3OS.ClH/c16-12-6-2-1-5-11(12)13-9-21-15(18-13)19-14(20)10-4-3-7-17-8-10;/h1-2,5-6,9-10,17H,3-4,7-8H2,(H,18,19,20);1H. The Kier molecular flexibility index (Phi) is 6.20. The molecule has 3 rings (SSSR count). The maximum atomic E-state index is 12.2. The van der Waals surface area contributed by atoms with Crippen LogP contribution in [-0.4, -0.2) is 24.0 Å². The molecule has 1 fully saturated rings. The van der Waals surface area contributed by atoms with Gasteiger partial charge in [0.05, 0.1) is 11.6 Å². The summed E-state index contributed by atoms with van der Waals surface area (Å²) >= 11 is 7.59. The monoisotopic (exact) mass is 357 g/mol. The topological polar surface area (TPSA) is 54.0 Å². The van der Waals surface area contributed by atoms with Crippen molar-refractivity contribution in [3.05, 3.63) is 34.7 Å². The number of aromatic nitrogens is 1. The molecule has 0 bridgehead atoms. The van der Waals surface area contributed by atoms with Gasteiger partial charge in [-0.3, -0.25) is 4.79 Å². The largest absolute Gasteiger partial charge is 0.316 e. The molecule has 2 heterocycles. The van der Waals surface area contributed by atoms with Crippen molar-refractivity contribution in [1.29, 1.82) is 0 Å². The van der Waals surface area contributed by atoms with Crippen LogP contribution in [0.1, 0.15) is 12.8 Å². The van der Waals surface area contributed by atoms with E-state index in [1.54, 1.807) is 0 Å². The first-order valence-corrected chi connectivity index (χ1v) is 8.22. The van der Waals surface area contributed by atoms with E-state index in [0.29, 0.717) is 10.2 Å². The van der Waals surface area contributed by atoms with Crippen LogP contribution in [0.15, 0.2) is 29.6 Å². The van der Waals surface area contributed by atoms with E-state index < -0.39 is 0 Å². The molecule has 2 aromatic rings. The van der Waals surface area contributed by atoms with E-state index >= 15 is 0 Å². The number of thiazole rings is 1. The van der Waals surface area contributed by atoms with Crippen LogP contribution in [0, 0.1) is 5.92 Å². The molecule has 1 aromatic carbocycles. The molecule has 1 saturated heterocycles. The molecule has 22 heavy (non-hydrogen) atoms. The van der Waals surface area contributed by atoms with Crippen LogP contribution in [0.5, 0.6) is 0 Å². The van der Waals surface area contributed by atoms with E-state index in [9.17, 15) is 4.79 Å². The van der Waals surface area contributed by atoms with Gasteiger partial charge in [-0.05, 0) is 25.5 Å². The minimum absolute atomic E-state index is 0. The number of rotatable bonds is 3. The van der Waals surface area contributed by atoms with E-state index in [-0.39, 0.29) is 24.2 Å². The van der Waals surface area contributed by atoms with Gasteiger partial charge in [-0.1, -0.05) is 29.8 Å². The van der Waals surface area contributed by atoms with Crippen LogP contribution < -0.4 is 10.6 Å². The average molecular weight is 358 g/mol. The van der Waals surface area contributed by atoms with Crippen molar-refractivity contribution in [3.63, 3.8) is 0 Å². The second-order valence-corrected chi connectivity index (χ2v) is 6.32. The van der Waals surface area contributed by atoms with E-state index in [1.807, 2.05) is 29.6 Å². The zero-order valence-electron chi connectivity index (χ0n) is 11.8. The summed E-state index contributed by atoms with van der Waals surface area (Å²) in [7, 11) is 0. The lowest BCUT2D eigenvalue weighted by Gasteiger charge is -2.21. The number of piperidine rings is 1. The molecule has 4 nitrogen and oxygen atoms in total. The van der Waals surface area contributed by atoms with Crippen molar-refractivity contribution in [2.24, 2.45) is 5.92 Å². The lowest BCUT2D eigenvalue weighted by molar-refractivity contribution is -0.120. The molecule has 1 unspecified atom stereocenters. The number of nitrogens with one attached hydrogen (secondary N) is 2. The Labute approximate surface area is 144 Å². The molecule has 118 valence electrons. The predicted molar refractivity (Wildman–Crippen MR) is 94.0 cm³/mol. The molecule has 1 aromatic heterocycles. The molecular formula is C15H17Cl2N3OS. The van der Waals surface area contributed by atoms with E-state index in [4.69, 9.17) is 11.6 Å². The maximum Gasteiger partial charge on any atom is 0.230 e. The highest BCUT2D eigenvalue weighted by molar-refractivity contribution is 7.14. The molecule has 0 saturated carbocycles. The fraction of sp³-hybridized carbons (Fsp3) is 0.333. The molecule has 0 spiro atoms. The minimum atomic E-state index is 0. The molecule has 0 aliphatic carbocycles. The Morgan fingerprint density at radius 1 is 1.41 bits per heavy atom. The summed E-state index contributed by atoms with van der Waals surface area (Å²) in [6, 6.07) is 7.57. The van der Waals surface area contributed by atoms with Crippen LogP contribution in [0.2, 0.25) is 5.02 Å². The number of anilines is 1. The quantitative estimate of drug-likeness (QED) is 0.877. The summed E-state index contributed by atoms with van der Waals surface area (Å²) in [5.74, 6) is 0.0775. The Bertz CT molecular complexity index is 641. The lowest BCUT2D eigenvalue weighted by Crippen LogP contribution is -2.37. The number of carbonyl (C=O) groups excluding carboxylic acids is 1. The summed E-state index contributed by atoms with van der Waals surface area (Å²) in [5.41, 5.74) is 1.68. The van der Waals surface area contributed by atoms with Crippen molar-refractivity contribution >= 4 is 46.4 Å². The molecule has 1 atom stereocenters. The Morgan fingerprint density at radius 2 is 2.23 bits per heavy atom. The molecule has 2 N–H and O–H groups in total. The minimum Gasteiger partial charge on any atom is -0.316 e. The van der Waals surface area contributed by atoms with Gasteiger partial charge in [0.25, 0.3) is 0 Å². The van der Waals surface area contributed by atoms with Gasteiger partial charge in [0.2, 0.25) is 5.91 Å². The fourth-order valence-electron chi connectivity index (χ4n) is 2.41. The van der Waals surface area contributed by atoms with Crippen LogP contribution in [0.4, 0.5) is 5.13 Å². The number of benzene rings is 1. The van der Waals surface area contributed by atoms with Crippen molar-refractivity contribution < 1.29 is 4.79 Å². The molecular weight excluding hydrogens is 341 g/mol. The van der Waals surface area contributed by atoms with Gasteiger partial charge in [0.1, 0.15) is 0 Å². The first-order chi connectivity index (χ1) is 10.2. The van der Waals surface area contributed by atoms with Gasteiger partial charge in [0.15, 0.2) is 5.13 Å². The van der Waals surface area contributed by atoms with E-state index in [1.165, 1.54) is 11.3 Å². The van der Waals surface area contributed by atoms with E-state index in [2.05, 4.69) is 15.6 Å². The average Bonchev–Trinajstić information content (AvgIpc) is 2.97. The summed E-state index contributed by atoms with van der Waals surface area (Å²) in [6.07, 6.45) is 1.97. The molecule has 1 amide bonds. The zero-order valence-corrected chi connectivity index (χ0v) is 14.2. The Balaban J connectivity index is 0.00000176.